The Balaban J connectivity index is 2.12. The van der Waals surface area contributed by atoms with Gasteiger partial charge in [0.1, 0.15) is 5.92 Å². The van der Waals surface area contributed by atoms with Crippen molar-refractivity contribution in [2.24, 2.45) is 5.92 Å². The van der Waals surface area contributed by atoms with Crippen molar-refractivity contribution in [1.29, 1.82) is 0 Å². The van der Waals surface area contributed by atoms with Gasteiger partial charge in [0.25, 0.3) is 0 Å². The Kier molecular flexibility index (Phi) is 7.37. The molecule has 10 heteroatoms. The van der Waals surface area contributed by atoms with Gasteiger partial charge in [-0.15, -0.1) is 11.3 Å². The second-order valence-electron chi connectivity index (χ2n) is 7.60. The van der Waals surface area contributed by atoms with Crippen molar-refractivity contribution in [3.63, 3.8) is 0 Å². The number of nitrogens with zero attached hydrogens (tertiary/aromatic N) is 1. The summed E-state index contributed by atoms with van der Waals surface area (Å²) in [6, 6.07) is 8.59. The fourth-order valence-corrected chi connectivity index (χ4v) is 4.84. The van der Waals surface area contributed by atoms with Gasteiger partial charge in [-0.05, 0) is 26.3 Å². The molecule has 3 atom stereocenters. The maximum atomic E-state index is 13.2. The fourth-order valence-electron chi connectivity index (χ4n) is 4.12. The number of carbonyl (C=O) groups excluding carboxylic acids is 3. The van der Waals surface area contributed by atoms with E-state index < -0.39 is 35.4 Å². The molecular formula is C23H27N3O6S. The van der Waals surface area contributed by atoms with E-state index in [1.807, 2.05) is 37.3 Å². The van der Waals surface area contributed by atoms with Crippen LogP contribution in [-0.4, -0.2) is 49.8 Å². The van der Waals surface area contributed by atoms with E-state index in [9.17, 15) is 14.4 Å². The summed E-state index contributed by atoms with van der Waals surface area (Å²) in [6.07, 6.45) is 0. The molecular weight excluding hydrogens is 446 g/mol. The summed E-state index contributed by atoms with van der Waals surface area (Å²) in [4.78, 5) is 42.3. The highest BCUT2D eigenvalue weighted by atomic mass is 32.1. The van der Waals surface area contributed by atoms with Crippen LogP contribution in [0.5, 0.6) is 0 Å². The highest BCUT2D eigenvalue weighted by molar-refractivity contribution is 7.13. The first kappa shape index (κ1) is 24.2. The highest BCUT2D eigenvalue weighted by Gasteiger charge is 2.52. The third-order valence-corrected chi connectivity index (χ3v) is 6.39. The Morgan fingerprint density at radius 2 is 1.85 bits per heavy atom. The van der Waals surface area contributed by atoms with E-state index in [4.69, 9.17) is 14.2 Å². The predicted octanol–water partition coefficient (Wildman–Crippen LogP) is 2.86. The van der Waals surface area contributed by atoms with Gasteiger partial charge in [0.15, 0.2) is 10.8 Å². The second-order valence-corrected chi connectivity index (χ2v) is 8.46. The smallest absolute Gasteiger partial charge is 0.357 e. The van der Waals surface area contributed by atoms with Crippen molar-refractivity contribution < 1.29 is 28.6 Å². The van der Waals surface area contributed by atoms with Crippen LogP contribution in [0.4, 0.5) is 5.13 Å². The van der Waals surface area contributed by atoms with Gasteiger partial charge in [-0.25, -0.2) is 14.6 Å². The predicted molar refractivity (Wildman–Crippen MR) is 123 cm³/mol. The van der Waals surface area contributed by atoms with E-state index in [1.54, 1.807) is 19.2 Å². The van der Waals surface area contributed by atoms with Crippen molar-refractivity contribution in [2.45, 2.75) is 32.4 Å². The molecule has 1 aliphatic heterocycles. The zero-order valence-electron chi connectivity index (χ0n) is 19.1. The summed E-state index contributed by atoms with van der Waals surface area (Å²) >= 11 is 1.17. The van der Waals surface area contributed by atoms with Gasteiger partial charge in [0.2, 0.25) is 0 Å². The zero-order valence-corrected chi connectivity index (χ0v) is 19.9. The molecule has 3 rings (SSSR count). The number of esters is 3. The summed E-state index contributed by atoms with van der Waals surface area (Å²) in [5.41, 5.74) is 0.845. The Labute approximate surface area is 196 Å². The van der Waals surface area contributed by atoms with Gasteiger partial charge in [-0.3, -0.25) is 4.79 Å². The number of aromatic nitrogens is 1. The number of ether oxygens (including phenoxy) is 3. The van der Waals surface area contributed by atoms with Crippen molar-refractivity contribution >= 4 is 34.4 Å². The lowest BCUT2D eigenvalue weighted by atomic mass is 9.70. The lowest BCUT2D eigenvalue weighted by molar-refractivity contribution is -0.149. The average Bonchev–Trinajstić information content (AvgIpc) is 3.27. The molecule has 1 aromatic heterocycles. The molecule has 0 fully saturated rings. The molecule has 3 unspecified atom stereocenters. The number of carbonyl (C=O) groups is 3. The maximum Gasteiger partial charge on any atom is 0.357 e. The van der Waals surface area contributed by atoms with Gasteiger partial charge in [-0.2, -0.15) is 0 Å². The summed E-state index contributed by atoms with van der Waals surface area (Å²) in [5.74, 6) is -2.55. The first-order chi connectivity index (χ1) is 15.8. The topological polar surface area (TPSA) is 116 Å². The summed E-state index contributed by atoms with van der Waals surface area (Å²) in [7, 11) is 2.58. The van der Waals surface area contributed by atoms with Crippen molar-refractivity contribution in [3.05, 3.63) is 58.2 Å². The van der Waals surface area contributed by atoms with Crippen LogP contribution in [0.3, 0.4) is 0 Å². The van der Waals surface area contributed by atoms with E-state index in [2.05, 4.69) is 15.6 Å². The Bertz CT molecular complexity index is 1070. The molecule has 2 aromatic rings. The van der Waals surface area contributed by atoms with E-state index >= 15 is 0 Å². The molecule has 0 aliphatic carbocycles. The van der Waals surface area contributed by atoms with Gasteiger partial charge >= 0.3 is 17.9 Å². The van der Waals surface area contributed by atoms with Crippen LogP contribution >= 0.6 is 11.3 Å². The van der Waals surface area contributed by atoms with Crippen molar-refractivity contribution in [2.75, 3.05) is 26.1 Å². The molecule has 0 amide bonds. The SMILES string of the molecule is CCOC(=O)c1csc(NC2C(C(=O)OC)=C(C)NC(C)(c3ccccc3)C2C(=O)OC)n1. The quantitative estimate of drug-likeness (QED) is 0.462. The average molecular weight is 474 g/mol. The Hall–Kier alpha value is -3.40. The third kappa shape index (κ3) is 4.70. The van der Waals surface area contributed by atoms with Gasteiger partial charge in [0.05, 0.1) is 38.0 Å². The Morgan fingerprint density at radius 1 is 1.15 bits per heavy atom. The molecule has 0 spiro atoms. The molecule has 2 heterocycles. The number of anilines is 1. The molecule has 33 heavy (non-hydrogen) atoms. The summed E-state index contributed by atoms with van der Waals surface area (Å²) < 4.78 is 15.2. The molecule has 176 valence electrons. The standard InChI is InChI=1S/C23H27N3O6S/c1-6-32-19(27)15-12-33-22(24-15)25-18-16(20(28)30-4)13(2)26-23(3,17(18)21(29)31-5)14-10-8-7-9-11-14/h7-12,17-18,26H,6H2,1-5H3,(H,24,25). The van der Waals surface area contributed by atoms with Gasteiger partial charge in [-0.1, -0.05) is 30.3 Å². The van der Waals surface area contributed by atoms with Crippen molar-refractivity contribution in [1.82, 2.24) is 10.3 Å². The van der Waals surface area contributed by atoms with Crippen molar-refractivity contribution in [3.8, 4) is 0 Å². The first-order valence-electron chi connectivity index (χ1n) is 10.4. The minimum atomic E-state index is -0.922. The van der Waals surface area contributed by atoms with E-state index in [-0.39, 0.29) is 17.9 Å². The number of thiazole rings is 1. The minimum absolute atomic E-state index is 0.138. The van der Waals surface area contributed by atoms with Crippen LogP contribution in [0.1, 0.15) is 36.8 Å². The number of benzene rings is 1. The fraction of sp³-hybridized carbons (Fsp3) is 0.391. The van der Waals surface area contributed by atoms with Crippen LogP contribution in [0, 0.1) is 5.92 Å². The normalized spacial score (nSPS) is 22.2. The Morgan fingerprint density at radius 3 is 2.45 bits per heavy atom. The number of rotatable bonds is 7. The van der Waals surface area contributed by atoms with E-state index in [1.165, 1.54) is 25.6 Å². The lowest BCUT2D eigenvalue weighted by Gasteiger charge is -2.46. The van der Waals surface area contributed by atoms with Gasteiger partial charge < -0.3 is 24.8 Å². The van der Waals surface area contributed by atoms with E-state index in [0.29, 0.717) is 10.8 Å². The van der Waals surface area contributed by atoms with Crippen LogP contribution < -0.4 is 10.6 Å². The van der Waals surface area contributed by atoms with E-state index in [0.717, 1.165) is 5.56 Å². The molecule has 9 nitrogen and oxygen atoms in total. The molecule has 2 N–H and O–H groups in total. The van der Waals surface area contributed by atoms with Crippen LogP contribution in [0.2, 0.25) is 0 Å². The van der Waals surface area contributed by atoms with Crippen LogP contribution in [0.25, 0.3) is 0 Å². The van der Waals surface area contributed by atoms with Crippen LogP contribution in [-0.2, 0) is 29.3 Å². The first-order valence-corrected chi connectivity index (χ1v) is 11.2. The summed E-state index contributed by atoms with van der Waals surface area (Å²) in [6.45, 7) is 5.56. The number of hydrogen-bond donors (Lipinski definition) is 2. The lowest BCUT2D eigenvalue weighted by Crippen LogP contribution is -2.60. The number of hydrogen-bond acceptors (Lipinski definition) is 10. The molecule has 0 saturated heterocycles. The molecule has 0 saturated carbocycles. The molecule has 0 bridgehead atoms. The molecule has 1 aliphatic rings. The number of methoxy groups -OCH3 is 2. The zero-order chi connectivity index (χ0) is 24.2. The summed E-state index contributed by atoms with van der Waals surface area (Å²) in [5, 5.41) is 8.43. The monoisotopic (exact) mass is 473 g/mol. The maximum absolute atomic E-state index is 13.2. The minimum Gasteiger partial charge on any atom is -0.469 e. The van der Waals surface area contributed by atoms with Gasteiger partial charge in [0, 0.05) is 11.1 Å². The second kappa shape index (κ2) is 10.0. The number of nitrogens with one attached hydrogen (secondary N) is 2. The number of allylic oxidation sites excluding steroid dienone is 1. The third-order valence-electron chi connectivity index (χ3n) is 5.62. The van der Waals surface area contributed by atoms with Crippen LogP contribution in [0.15, 0.2) is 47.0 Å². The largest absolute Gasteiger partial charge is 0.469 e. The molecule has 0 radical (unpaired) electrons. The highest BCUT2D eigenvalue weighted by Crippen LogP contribution is 2.41. The molecule has 1 aromatic carbocycles.